The molecule has 0 saturated heterocycles. The predicted octanol–water partition coefficient (Wildman–Crippen LogP) is 2.32. The van der Waals surface area contributed by atoms with Gasteiger partial charge < -0.3 is 14.6 Å². The molecule has 10 heteroatoms. The van der Waals surface area contributed by atoms with Crippen LogP contribution < -0.4 is 19.6 Å². The second-order valence-electron chi connectivity index (χ2n) is 7.07. The molecule has 1 atom stereocenters. The van der Waals surface area contributed by atoms with Crippen LogP contribution in [0, 0.1) is 0 Å². The molecule has 0 saturated carbocycles. The largest absolute Gasteiger partial charge is 0.482 e. The van der Waals surface area contributed by atoms with E-state index in [1.807, 2.05) is 17.5 Å². The van der Waals surface area contributed by atoms with Crippen LogP contribution >= 0.6 is 22.7 Å². The monoisotopic (exact) mass is 484 g/mol. The SMILES string of the molecule is CCOC(=O)C1=C(C)N=c2s/c(=C/c3ccc(OCC(=O)O)cc3)c(=O)n2[C@H]1c1cccs1. The molecule has 0 spiro atoms. The van der Waals surface area contributed by atoms with E-state index in [9.17, 15) is 14.4 Å². The van der Waals surface area contributed by atoms with Crippen LogP contribution in [0.25, 0.3) is 6.08 Å². The first-order valence-corrected chi connectivity index (χ1v) is 11.8. The number of rotatable bonds is 7. The van der Waals surface area contributed by atoms with Gasteiger partial charge in [0.15, 0.2) is 11.4 Å². The summed E-state index contributed by atoms with van der Waals surface area (Å²) in [7, 11) is 0. The number of carbonyl (C=O) groups is 2. The van der Waals surface area contributed by atoms with Crippen molar-refractivity contribution >= 4 is 40.7 Å². The summed E-state index contributed by atoms with van der Waals surface area (Å²) in [6.45, 7) is 3.28. The van der Waals surface area contributed by atoms with Crippen molar-refractivity contribution in [3.8, 4) is 5.75 Å². The maximum atomic E-state index is 13.4. The lowest BCUT2D eigenvalue weighted by Crippen LogP contribution is -2.39. The zero-order chi connectivity index (χ0) is 23.5. The Morgan fingerprint density at radius 1 is 1.24 bits per heavy atom. The number of ether oxygens (including phenoxy) is 2. The highest BCUT2D eigenvalue weighted by Crippen LogP contribution is 2.33. The molecule has 0 unspecified atom stereocenters. The molecule has 2 aromatic heterocycles. The minimum Gasteiger partial charge on any atom is -0.482 e. The summed E-state index contributed by atoms with van der Waals surface area (Å²) in [5, 5.41) is 10.6. The Balaban J connectivity index is 1.78. The Morgan fingerprint density at radius 2 is 2.00 bits per heavy atom. The Morgan fingerprint density at radius 3 is 2.64 bits per heavy atom. The number of hydrogen-bond donors (Lipinski definition) is 1. The van der Waals surface area contributed by atoms with Gasteiger partial charge in [0.25, 0.3) is 5.56 Å². The van der Waals surface area contributed by atoms with E-state index < -0.39 is 24.6 Å². The summed E-state index contributed by atoms with van der Waals surface area (Å²) in [6, 6.07) is 9.92. The topological polar surface area (TPSA) is 107 Å². The highest BCUT2D eigenvalue weighted by atomic mass is 32.1. The molecular weight excluding hydrogens is 464 g/mol. The number of aliphatic carboxylic acids is 1. The number of thiazole rings is 1. The fourth-order valence-corrected chi connectivity index (χ4v) is 5.33. The molecule has 0 fully saturated rings. The van der Waals surface area contributed by atoms with E-state index in [0.717, 1.165) is 10.4 Å². The normalized spacial score (nSPS) is 15.7. The third-order valence-corrected chi connectivity index (χ3v) is 6.78. The first-order chi connectivity index (χ1) is 15.9. The van der Waals surface area contributed by atoms with Gasteiger partial charge in [0, 0.05) is 4.88 Å². The van der Waals surface area contributed by atoms with Crippen molar-refractivity contribution in [2.24, 2.45) is 4.99 Å². The Bertz CT molecular complexity index is 1400. The van der Waals surface area contributed by atoms with Crippen molar-refractivity contribution < 1.29 is 24.2 Å². The number of carbonyl (C=O) groups excluding carboxylic acids is 1. The van der Waals surface area contributed by atoms with E-state index in [0.29, 0.717) is 26.4 Å². The summed E-state index contributed by atoms with van der Waals surface area (Å²) in [6.07, 6.45) is 1.74. The number of benzene rings is 1. The number of nitrogens with zero attached hydrogens (tertiary/aromatic N) is 2. The van der Waals surface area contributed by atoms with Crippen molar-refractivity contribution in [1.82, 2.24) is 4.57 Å². The molecule has 1 aliphatic rings. The molecule has 1 aromatic carbocycles. The Hall–Kier alpha value is -3.50. The van der Waals surface area contributed by atoms with Crippen molar-refractivity contribution in [3.63, 3.8) is 0 Å². The minimum absolute atomic E-state index is 0.226. The maximum absolute atomic E-state index is 13.4. The zero-order valence-electron chi connectivity index (χ0n) is 17.8. The van der Waals surface area contributed by atoms with Crippen molar-refractivity contribution in [3.05, 3.63) is 83.2 Å². The van der Waals surface area contributed by atoms with Gasteiger partial charge in [0.05, 0.1) is 22.4 Å². The number of aromatic nitrogens is 1. The van der Waals surface area contributed by atoms with Crippen molar-refractivity contribution in [1.29, 1.82) is 0 Å². The number of allylic oxidation sites excluding steroid dienone is 1. The number of carboxylic acids is 1. The van der Waals surface area contributed by atoms with Gasteiger partial charge in [0.2, 0.25) is 0 Å². The van der Waals surface area contributed by atoms with Gasteiger partial charge in [0.1, 0.15) is 11.8 Å². The predicted molar refractivity (Wildman–Crippen MR) is 124 cm³/mol. The highest BCUT2D eigenvalue weighted by Gasteiger charge is 2.33. The fourth-order valence-electron chi connectivity index (χ4n) is 3.46. The van der Waals surface area contributed by atoms with Crippen molar-refractivity contribution in [2.75, 3.05) is 13.2 Å². The average Bonchev–Trinajstić information content (AvgIpc) is 3.41. The zero-order valence-corrected chi connectivity index (χ0v) is 19.4. The van der Waals surface area contributed by atoms with E-state index >= 15 is 0 Å². The second kappa shape index (κ2) is 9.55. The van der Waals surface area contributed by atoms with Crippen LogP contribution in [0.3, 0.4) is 0 Å². The maximum Gasteiger partial charge on any atom is 0.341 e. The molecule has 3 heterocycles. The Labute approximate surface area is 196 Å². The lowest BCUT2D eigenvalue weighted by Gasteiger charge is -2.23. The van der Waals surface area contributed by atoms with Crippen LogP contribution in [0.5, 0.6) is 5.75 Å². The third kappa shape index (κ3) is 4.67. The first-order valence-electron chi connectivity index (χ1n) is 10.1. The molecule has 0 radical (unpaired) electrons. The molecule has 33 heavy (non-hydrogen) atoms. The van der Waals surface area contributed by atoms with E-state index in [2.05, 4.69) is 4.99 Å². The quantitative estimate of drug-likeness (QED) is 0.516. The number of fused-ring (bicyclic) bond motifs is 1. The van der Waals surface area contributed by atoms with Crippen LogP contribution in [0.4, 0.5) is 0 Å². The highest BCUT2D eigenvalue weighted by molar-refractivity contribution is 7.10. The van der Waals surface area contributed by atoms with Gasteiger partial charge >= 0.3 is 11.9 Å². The molecule has 3 aromatic rings. The van der Waals surface area contributed by atoms with E-state index in [4.69, 9.17) is 14.6 Å². The third-order valence-electron chi connectivity index (χ3n) is 4.87. The molecule has 170 valence electrons. The molecule has 0 aliphatic carbocycles. The van der Waals surface area contributed by atoms with Crippen LogP contribution in [0.1, 0.15) is 30.3 Å². The van der Waals surface area contributed by atoms with Crippen LogP contribution in [0.2, 0.25) is 0 Å². The lowest BCUT2D eigenvalue weighted by atomic mass is 10.0. The second-order valence-corrected chi connectivity index (χ2v) is 9.06. The Kier molecular flexibility index (Phi) is 6.57. The molecule has 1 N–H and O–H groups in total. The van der Waals surface area contributed by atoms with Crippen LogP contribution in [-0.2, 0) is 14.3 Å². The smallest absolute Gasteiger partial charge is 0.341 e. The van der Waals surface area contributed by atoms with Gasteiger partial charge in [-0.25, -0.2) is 14.6 Å². The van der Waals surface area contributed by atoms with Crippen LogP contribution in [0.15, 0.2) is 62.8 Å². The molecule has 0 bridgehead atoms. The number of esters is 1. The molecule has 8 nitrogen and oxygen atoms in total. The summed E-state index contributed by atoms with van der Waals surface area (Å²) in [4.78, 5) is 42.7. The number of hydrogen-bond acceptors (Lipinski definition) is 8. The standard InChI is InChI=1S/C23H20N2O6S2/c1-3-30-22(29)19-13(2)24-23-25(20(19)16-5-4-10-32-16)21(28)17(33-23)11-14-6-8-15(9-7-14)31-12-18(26)27/h4-11,20H,3,12H2,1-2H3,(H,26,27)/b17-11+/t20-/m0/s1. The molecule has 1 aliphatic heterocycles. The van der Waals surface area contributed by atoms with E-state index in [1.165, 1.54) is 22.7 Å². The van der Waals surface area contributed by atoms with Crippen LogP contribution in [-0.4, -0.2) is 34.8 Å². The summed E-state index contributed by atoms with van der Waals surface area (Å²) < 4.78 is 12.4. The van der Waals surface area contributed by atoms with E-state index in [1.54, 1.807) is 48.8 Å². The molecule has 4 rings (SSSR count). The van der Waals surface area contributed by atoms with Crippen molar-refractivity contribution in [2.45, 2.75) is 19.9 Å². The van der Waals surface area contributed by atoms with Gasteiger partial charge in [-0.1, -0.05) is 29.5 Å². The summed E-state index contributed by atoms with van der Waals surface area (Å²) in [5.41, 5.74) is 1.38. The fraction of sp³-hybridized carbons (Fsp3) is 0.217. The average molecular weight is 485 g/mol. The number of thiophene rings is 1. The van der Waals surface area contributed by atoms with Gasteiger partial charge in [-0.15, -0.1) is 11.3 Å². The molecule has 0 amide bonds. The van der Waals surface area contributed by atoms with E-state index in [-0.39, 0.29) is 12.2 Å². The molecular formula is C23H20N2O6S2. The lowest BCUT2D eigenvalue weighted by molar-refractivity contribution is -0.140. The summed E-state index contributed by atoms with van der Waals surface area (Å²) >= 11 is 2.70. The minimum atomic E-state index is -1.06. The first kappa shape index (κ1) is 22.7. The van der Waals surface area contributed by atoms with Gasteiger partial charge in [-0.3, -0.25) is 9.36 Å². The number of carboxylic acid groups (broad SMARTS) is 1. The van der Waals surface area contributed by atoms with Gasteiger partial charge in [-0.2, -0.15) is 0 Å². The van der Waals surface area contributed by atoms with Gasteiger partial charge in [-0.05, 0) is 49.1 Å². The summed E-state index contributed by atoms with van der Waals surface area (Å²) in [5.74, 6) is -1.12.